The topological polar surface area (TPSA) is 81.4 Å². The van der Waals surface area contributed by atoms with Crippen LogP contribution < -0.4 is 5.56 Å². The normalized spacial score (nSPS) is 19.1. The Bertz CT molecular complexity index is 851. The lowest BCUT2D eigenvalue weighted by atomic mass is 10.1. The first-order valence-electron chi connectivity index (χ1n) is 7.15. The largest absolute Gasteiger partial charge is 0.502 e. The van der Waals surface area contributed by atoms with Gasteiger partial charge in [0.05, 0.1) is 17.5 Å². The summed E-state index contributed by atoms with van der Waals surface area (Å²) in [4.78, 5) is 28.8. The van der Waals surface area contributed by atoms with Crippen LogP contribution in [0.3, 0.4) is 0 Å². The van der Waals surface area contributed by atoms with Gasteiger partial charge in [0, 0.05) is 18.0 Å². The van der Waals surface area contributed by atoms with Gasteiger partial charge in [0.25, 0.3) is 5.56 Å². The Balaban J connectivity index is 2.26. The second kappa shape index (κ2) is 5.29. The number of para-hydroxylation sites is 1. The van der Waals surface area contributed by atoms with Crippen LogP contribution in [0.15, 0.2) is 34.8 Å². The quantitative estimate of drug-likeness (QED) is 0.522. The van der Waals surface area contributed by atoms with Crippen LogP contribution in [0.5, 0.6) is 0 Å². The van der Waals surface area contributed by atoms with Crippen molar-refractivity contribution >= 4 is 22.4 Å². The molecule has 1 N–H and O–H groups in total. The third-order valence-electron chi connectivity index (χ3n) is 3.77. The average molecular weight is 300 g/mol. The number of aromatic nitrogens is 2. The van der Waals surface area contributed by atoms with Crippen LogP contribution in [0.2, 0.25) is 0 Å². The highest BCUT2D eigenvalue weighted by atomic mass is 16.5. The molecule has 0 fully saturated rings. The molecule has 0 saturated carbocycles. The standard InChI is InChI=1S/C16H16N2O4/c1-3-22-16(21)13(19)11-8-9(2)18-14(11)17-12-7-5-4-6-10(12)15(18)20/h4-7,9,19H,3,8H2,1-2H3/b13-11-. The summed E-state index contributed by atoms with van der Waals surface area (Å²) in [5.41, 5.74) is 0.732. The predicted octanol–water partition coefficient (Wildman–Crippen LogP) is 2.19. The van der Waals surface area contributed by atoms with E-state index in [1.807, 2.05) is 6.92 Å². The molecule has 114 valence electrons. The van der Waals surface area contributed by atoms with Crippen molar-refractivity contribution in [3.05, 3.63) is 46.2 Å². The molecule has 0 radical (unpaired) electrons. The van der Waals surface area contributed by atoms with Gasteiger partial charge in [-0.1, -0.05) is 12.1 Å². The fourth-order valence-electron chi connectivity index (χ4n) is 2.77. The minimum absolute atomic E-state index is 0.167. The molecule has 6 heteroatoms. The molecular weight excluding hydrogens is 284 g/mol. The average Bonchev–Trinajstić information content (AvgIpc) is 2.84. The maximum atomic E-state index is 12.6. The number of carbonyl (C=O) groups excluding carboxylic acids is 1. The summed E-state index contributed by atoms with van der Waals surface area (Å²) in [6.07, 6.45) is 0.364. The second-order valence-electron chi connectivity index (χ2n) is 5.23. The first-order chi connectivity index (χ1) is 10.5. The van der Waals surface area contributed by atoms with Gasteiger partial charge in [0.2, 0.25) is 5.76 Å². The number of allylic oxidation sites excluding steroid dienone is 1. The van der Waals surface area contributed by atoms with Crippen molar-refractivity contribution in [3.8, 4) is 0 Å². The van der Waals surface area contributed by atoms with Crippen LogP contribution in [0.25, 0.3) is 16.5 Å². The Morgan fingerprint density at radius 2 is 2.18 bits per heavy atom. The summed E-state index contributed by atoms with van der Waals surface area (Å²) < 4.78 is 6.34. The number of nitrogens with zero attached hydrogens (tertiary/aromatic N) is 2. The summed E-state index contributed by atoms with van der Waals surface area (Å²) in [5.74, 6) is -0.926. The summed E-state index contributed by atoms with van der Waals surface area (Å²) in [6.45, 7) is 3.69. The van der Waals surface area contributed by atoms with Crippen molar-refractivity contribution in [1.29, 1.82) is 0 Å². The number of benzene rings is 1. The molecule has 0 bridgehead atoms. The van der Waals surface area contributed by atoms with Crippen molar-refractivity contribution in [2.75, 3.05) is 6.61 Å². The minimum Gasteiger partial charge on any atom is -0.502 e. The molecule has 22 heavy (non-hydrogen) atoms. The maximum absolute atomic E-state index is 12.6. The monoisotopic (exact) mass is 300 g/mol. The third kappa shape index (κ3) is 2.07. The summed E-state index contributed by atoms with van der Waals surface area (Å²) >= 11 is 0. The zero-order valence-electron chi connectivity index (χ0n) is 12.4. The second-order valence-corrected chi connectivity index (χ2v) is 5.23. The molecule has 0 aliphatic carbocycles. The van der Waals surface area contributed by atoms with E-state index in [0.29, 0.717) is 28.7 Å². The molecule has 0 spiro atoms. The SMILES string of the molecule is CCOC(=O)/C(O)=C1\CC(C)n2c1nc1ccccc1c2=O. The first kappa shape index (κ1) is 14.3. The van der Waals surface area contributed by atoms with E-state index in [-0.39, 0.29) is 18.2 Å². The first-order valence-corrected chi connectivity index (χ1v) is 7.15. The van der Waals surface area contributed by atoms with Crippen molar-refractivity contribution in [1.82, 2.24) is 9.55 Å². The fourth-order valence-corrected chi connectivity index (χ4v) is 2.77. The van der Waals surface area contributed by atoms with E-state index >= 15 is 0 Å². The van der Waals surface area contributed by atoms with Crippen molar-refractivity contribution in [2.24, 2.45) is 0 Å². The number of aliphatic hydroxyl groups is 1. The lowest BCUT2D eigenvalue weighted by Gasteiger charge is -2.09. The van der Waals surface area contributed by atoms with Gasteiger partial charge in [-0.05, 0) is 26.0 Å². The number of fused-ring (bicyclic) bond motifs is 2. The van der Waals surface area contributed by atoms with Crippen LogP contribution in [0.4, 0.5) is 0 Å². The van der Waals surface area contributed by atoms with Gasteiger partial charge in [-0.25, -0.2) is 9.78 Å². The molecule has 1 aromatic heterocycles. The molecule has 1 aliphatic heterocycles. The van der Waals surface area contributed by atoms with Gasteiger partial charge >= 0.3 is 5.97 Å². The van der Waals surface area contributed by atoms with Gasteiger partial charge in [-0.3, -0.25) is 9.36 Å². The van der Waals surface area contributed by atoms with E-state index in [0.717, 1.165) is 0 Å². The van der Waals surface area contributed by atoms with Crippen LogP contribution >= 0.6 is 0 Å². The van der Waals surface area contributed by atoms with E-state index in [1.54, 1.807) is 31.2 Å². The Labute approximate surface area is 126 Å². The van der Waals surface area contributed by atoms with E-state index in [4.69, 9.17) is 4.74 Å². The maximum Gasteiger partial charge on any atom is 0.373 e. The van der Waals surface area contributed by atoms with Gasteiger partial charge < -0.3 is 9.84 Å². The molecule has 1 aliphatic rings. The van der Waals surface area contributed by atoms with E-state index in [2.05, 4.69) is 4.98 Å². The van der Waals surface area contributed by atoms with Crippen molar-refractivity contribution < 1.29 is 14.6 Å². The zero-order valence-corrected chi connectivity index (χ0v) is 12.4. The highest BCUT2D eigenvalue weighted by Gasteiger charge is 2.31. The van der Waals surface area contributed by atoms with Crippen LogP contribution in [0, 0.1) is 0 Å². The number of rotatable bonds is 2. The van der Waals surface area contributed by atoms with Crippen LogP contribution in [-0.4, -0.2) is 27.2 Å². The lowest BCUT2D eigenvalue weighted by Crippen LogP contribution is -2.23. The number of carbonyl (C=O) groups is 1. The Morgan fingerprint density at radius 3 is 2.91 bits per heavy atom. The molecule has 0 saturated heterocycles. The molecular formula is C16H16N2O4. The number of esters is 1. The molecule has 0 amide bonds. The summed E-state index contributed by atoms with van der Waals surface area (Å²) in [7, 11) is 0. The fraction of sp³-hybridized carbons (Fsp3) is 0.312. The summed E-state index contributed by atoms with van der Waals surface area (Å²) in [6, 6.07) is 6.85. The third-order valence-corrected chi connectivity index (χ3v) is 3.77. The Hall–Kier alpha value is -2.63. The molecule has 1 unspecified atom stereocenters. The Morgan fingerprint density at radius 1 is 1.45 bits per heavy atom. The number of hydrogen-bond acceptors (Lipinski definition) is 5. The lowest BCUT2D eigenvalue weighted by molar-refractivity contribution is -0.141. The molecule has 2 aromatic rings. The van der Waals surface area contributed by atoms with Gasteiger partial charge in [-0.15, -0.1) is 0 Å². The zero-order chi connectivity index (χ0) is 15.9. The molecule has 1 aromatic carbocycles. The molecule has 3 rings (SSSR count). The van der Waals surface area contributed by atoms with Crippen LogP contribution in [0.1, 0.15) is 32.1 Å². The highest BCUT2D eigenvalue weighted by Crippen LogP contribution is 2.34. The number of ether oxygens (including phenoxy) is 1. The van der Waals surface area contributed by atoms with Crippen molar-refractivity contribution in [2.45, 2.75) is 26.3 Å². The van der Waals surface area contributed by atoms with Gasteiger partial charge in [0.1, 0.15) is 5.82 Å². The van der Waals surface area contributed by atoms with Gasteiger partial charge in [0.15, 0.2) is 0 Å². The van der Waals surface area contributed by atoms with Crippen molar-refractivity contribution in [3.63, 3.8) is 0 Å². The molecule has 6 nitrogen and oxygen atoms in total. The predicted molar refractivity (Wildman–Crippen MR) is 81.5 cm³/mol. The smallest absolute Gasteiger partial charge is 0.373 e. The van der Waals surface area contributed by atoms with E-state index < -0.39 is 11.7 Å². The van der Waals surface area contributed by atoms with Crippen LogP contribution in [-0.2, 0) is 9.53 Å². The number of hydrogen-bond donors (Lipinski definition) is 1. The highest BCUT2D eigenvalue weighted by molar-refractivity contribution is 5.95. The van der Waals surface area contributed by atoms with E-state index in [1.165, 1.54) is 4.57 Å². The molecule has 1 atom stereocenters. The minimum atomic E-state index is -0.791. The van der Waals surface area contributed by atoms with Gasteiger partial charge in [-0.2, -0.15) is 0 Å². The summed E-state index contributed by atoms with van der Waals surface area (Å²) in [5, 5.41) is 10.6. The molecule has 2 heterocycles. The van der Waals surface area contributed by atoms with E-state index in [9.17, 15) is 14.7 Å². The Kier molecular flexibility index (Phi) is 3.44. The number of aliphatic hydroxyl groups excluding tert-OH is 1.